The van der Waals surface area contributed by atoms with Crippen LogP contribution in [0, 0.1) is 12.8 Å². The Morgan fingerprint density at radius 2 is 1.85 bits per heavy atom. The van der Waals surface area contributed by atoms with Crippen molar-refractivity contribution in [3.8, 4) is 0 Å². The van der Waals surface area contributed by atoms with E-state index < -0.39 is 0 Å². The fourth-order valence-corrected chi connectivity index (χ4v) is 4.79. The molecule has 142 valence electrons. The van der Waals surface area contributed by atoms with E-state index in [4.69, 9.17) is 0 Å². The van der Waals surface area contributed by atoms with Crippen LogP contribution in [0.15, 0.2) is 54.6 Å². The Bertz CT molecular complexity index is 793. The van der Waals surface area contributed by atoms with Crippen molar-refractivity contribution in [2.75, 3.05) is 19.6 Å². The first-order valence-electron chi connectivity index (χ1n) is 10.2. The Hall–Kier alpha value is -2.13. The molecule has 2 aromatic carbocycles. The minimum atomic E-state index is -0.205. The summed E-state index contributed by atoms with van der Waals surface area (Å²) in [5, 5.41) is 3.28. The van der Waals surface area contributed by atoms with E-state index in [1.165, 1.54) is 29.7 Å². The molecule has 2 atom stereocenters. The molecule has 4 rings (SSSR count). The number of hydrogen-bond donors (Lipinski definition) is 1. The van der Waals surface area contributed by atoms with E-state index in [9.17, 15) is 4.79 Å². The van der Waals surface area contributed by atoms with Gasteiger partial charge in [0.05, 0.1) is 5.54 Å². The second-order valence-electron chi connectivity index (χ2n) is 8.45. The first-order chi connectivity index (χ1) is 13.1. The molecule has 1 aliphatic heterocycles. The Morgan fingerprint density at radius 1 is 1.11 bits per heavy atom. The van der Waals surface area contributed by atoms with Crippen LogP contribution in [0.3, 0.4) is 0 Å². The van der Waals surface area contributed by atoms with Gasteiger partial charge in [0, 0.05) is 26.6 Å². The van der Waals surface area contributed by atoms with Crippen LogP contribution in [0.4, 0.5) is 0 Å². The first kappa shape index (κ1) is 18.2. The van der Waals surface area contributed by atoms with Gasteiger partial charge in [0.15, 0.2) is 0 Å². The number of nitrogens with zero attached hydrogens (tertiary/aromatic N) is 1. The van der Waals surface area contributed by atoms with Crippen molar-refractivity contribution in [2.45, 2.75) is 44.6 Å². The maximum absolute atomic E-state index is 11.9. The number of carbonyl (C=O) groups is 1. The second kappa shape index (κ2) is 7.47. The van der Waals surface area contributed by atoms with E-state index in [0.717, 1.165) is 37.8 Å². The molecular weight excluding hydrogens is 332 g/mol. The number of nitrogens with one attached hydrogen (secondary N) is 1. The SMILES string of the molecule is CC(=O)NC1(c2ccccc2)CCN(C[C@@H]2C[C@@H]2c2cccc(C)c2)CC1. The quantitative estimate of drug-likeness (QED) is 0.863. The summed E-state index contributed by atoms with van der Waals surface area (Å²) in [4.78, 5) is 14.5. The number of benzene rings is 2. The van der Waals surface area contributed by atoms with Crippen LogP contribution in [0.25, 0.3) is 0 Å². The predicted octanol–water partition coefficient (Wildman–Crippen LogP) is 4.23. The summed E-state index contributed by atoms with van der Waals surface area (Å²) >= 11 is 0. The molecule has 1 aliphatic carbocycles. The topological polar surface area (TPSA) is 32.3 Å². The fraction of sp³-hybridized carbons (Fsp3) is 0.458. The highest BCUT2D eigenvalue weighted by atomic mass is 16.1. The summed E-state index contributed by atoms with van der Waals surface area (Å²) in [6.45, 7) is 7.09. The highest BCUT2D eigenvalue weighted by Gasteiger charge is 2.42. The van der Waals surface area contributed by atoms with Crippen LogP contribution in [-0.4, -0.2) is 30.4 Å². The van der Waals surface area contributed by atoms with Crippen LogP contribution in [-0.2, 0) is 10.3 Å². The van der Waals surface area contributed by atoms with Gasteiger partial charge in [-0.3, -0.25) is 4.79 Å². The Morgan fingerprint density at radius 3 is 2.52 bits per heavy atom. The smallest absolute Gasteiger partial charge is 0.217 e. The van der Waals surface area contributed by atoms with Gasteiger partial charge in [0.2, 0.25) is 5.91 Å². The lowest BCUT2D eigenvalue weighted by Gasteiger charge is -2.43. The van der Waals surface area contributed by atoms with E-state index in [1.807, 2.05) is 6.07 Å². The molecule has 1 heterocycles. The number of aryl methyl sites for hydroxylation is 1. The van der Waals surface area contributed by atoms with E-state index in [2.05, 4.69) is 65.7 Å². The lowest BCUT2D eigenvalue weighted by atomic mass is 9.80. The molecule has 3 nitrogen and oxygen atoms in total. The van der Waals surface area contributed by atoms with Crippen LogP contribution in [0.5, 0.6) is 0 Å². The van der Waals surface area contributed by atoms with Crippen molar-refractivity contribution < 1.29 is 4.79 Å². The summed E-state index contributed by atoms with van der Waals surface area (Å²) < 4.78 is 0. The summed E-state index contributed by atoms with van der Waals surface area (Å²) in [5.74, 6) is 1.59. The van der Waals surface area contributed by atoms with Gasteiger partial charge in [-0.2, -0.15) is 0 Å². The summed E-state index contributed by atoms with van der Waals surface area (Å²) in [6.07, 6.45) is 3.28. The van der Waals surface area contributed by atoms with Crippen molar-refractivity contribution in [3.05, 3.63) is 71.3 Å². The highest BCUT2D eigenvalue weighted by molar-refractivity contribution is 5.74. The molecule has 0 bridgehead atoms. The molecule has 2 aliphatic rings. The zero-order chi connectivity index (χ0) is 18.9. The zero-order valence-corrected chi connectivity index (χ0v) is 16.4. The van der Waals surface area contributed by atoms with E-state index in [1.54, 1.807) is 6.92 Å². The fourth-order valence-electron chi connectivity index (χ4n) is 4.79. The van der Waals surface area contributed by atoms with Gasteiger partial charge in [-0.15, -0.1) is 0 Å². The third-order valence-corrected chi connectivity index (χ3v) is 6.34. The largest absolute Gasteiger partial charge is 0.347 e. The average molecular weight is 363 g/mol. The van der Waals surface area contributed by atoms with Crippen molar-refractivity contribution >= 4 is 5.91 Å². The highest BCUT2D eigenvalue weighted by Crippen LogP contribution is 2.48. The number of piperidine rings is 1. The molecular formula is C24H30N2O. The van der Waals surface area contributed by atoms with Gasteiger partial charge >= 0.3 is 0 Å². The minimum absolute atomic E-state index is 0.0639. The van der Waals surface area contributed by atoms with Crippen LogP contribution >= 0.6 is 0 Å². The Kier molecular flexibility index (Phi) is 5.05. The molecule has 0 radical (unpaired) electrons. The molecule has 27 heavy (non-hydrogen) atoms. The van der Waals surface area contributed by atoms with Crippen molar-refractivity contribution in [1.82, 2.24) is 10.2 Å². The van der Waals surface area contributed by atoms with Gasteiger partial charge < -0.3 is 10.2 Å². The average Bonchev–Trinajstić information content (AvgIpc) is 3.43. The molecule has 1 saturated heterocycles. The van der Waals surface area contributed by atoms with E-state index in [0.29, 0.717) is 0 Å². The zero-order valence-electron chi connectivity index (χ0n) is 16.4. The number of carbonyl (C=O) groups excluding carboxylic acids is 1. The van der Waals surface area contributed by atoms with E-state index >= 15 is 0 Å². The Balaban J connectivity index is 1.37. The van der Waals surface area contributed by atoms with Crippen LogP contribution in [0.1, 0.15) is 48.8 Å². The predicted molar refractivity (Wildman–Crippen MR) is 110 cm³/mol. The third kappa shape index (κ3) is 4.08. The standard InChI is InChI=1S/C24H30N2O/c1-18-7-6-8-20(15-18)23-16-21(23)17-26-13-11-24(12-14-26,25-19(2)27)22-9-4-3-5-10-22/h3-10,15,21,23H,11-14,16-17H2,1-2H3,(H,25,27)/t21-,23+/m0/s1. The molecule has 1 N–H and O–H groups in total. The van der Waals surface area contributed by atoms with Gasteiger partial charge in [0.25, 0.3) is 0 Å². The number of hydrogen-bond acceptors (Lipinski definition) is 2. The molecule has 1 saturated carbocycles. The minimum Gasteiger partial charge on any atom is -0.347 e. The summed E-state index contributed by atoms with van der Waals surface area (Å²) in [7, 11) is 0. The molecule has 0 spiro atoms. The third-order valence-electron chi connectivity index (χ3n) is 6.34. The maximum atomic E-state index is 11.9. The second-order valence-corrected chi connectivity index (χ2v) is 8.45. The monoisotopic (exact) mass is 362 g/mol. The lowest BCUT2D eigenvalue weighted by Crippen LogP contribution is -2.52. The molecule has 2 fully saturated rings. The molecule has 2 aromatic rings. The number of amides is 1. The van der Waals surface area contributed by atoms with Gasteiger partial charge in [-0.05, 0) is 49.1 Å². The summed E-state index contributed by atoms with van der Waals surface area (Å²) in [6, 6.07) is 19.5. The maximum Gasteiger partial charge on any atom is 0.217 e. The first-order valence-corrected chi connectivity index (χ1v) is 10.2. The normalized spacial score (nSPS) is 24.4. The van der Waals surface area contributed by atoms with Crippen LogP contribution < -0.4 is 5.32 Å². The van der Waals surface area contributed by atoms with Gasteiger partial charge in [-0.1, -0.05) is 60.2 Å². The molecule has 1 amide bonds. The number of rotatable bonds is 5. The van der Waals surface area contributed by atoms with Crippen molar-refractivity contribution in [3.63, 3.8) is 0 Å². The number of likely N-dealkylation sites (tertiary alicyclic amines) is 1. The van der Waals surface area contributed by atoms with Gasteiger partial charge in [0.1, 0.15) is 0 Å². The molecule has 3 heteroatoms. The van der Waals surface area contributed by atoms with Crippen LogP contribution in [0.2, 0.25) is 0 Å². The summed E-state index contributed by atoms with van der Waals surface area (Å²) in [5.41, 5.74) is 3.90. The van der Waals surface area contributed by atoms with Gasteiger partial charge in [-0.25, -0.2) is 0 Å². The van der Waals surface area contributed by atoms with Crippen molar-refractivity contribution in [2.24, 2.45) is 5.92 Å². The molecule has 0 aromatic heterocycles. The van der Waals surface area contributed by atoms with Crippen molar-refractivity contribution in [1.29, 1.82) is 0 Å². The Labute approximate surface area is 162 Å². The molecule has 0 unspecified atom stereocenters. The van der Waals surface area contributed by atoms with E-state index in [-0.39, 0.29) is 11.4 Å². The lowest BCUT2D eigenvalue weighted by molar-refractivity contribution is -0.121.